The second-order valence-electron chi connectivity index (χ2n) is 4.08. The first-order chi connectivity index (χ1) is 5.74. The highest BCUT2D eigenvalue weighted by Crippen LogP contribution is 2.26. The third-order valence-corrected chi connectivity index (χ3v) is 2.50. The van der Waals surface area contributed by atoms with Crippen LogP contribution in [-0.2, 0) is 4.74 Å². The van der Waals surface area contributed by atoms with Crippen molar-refractivity contribution in [3.63, 3.8) is 0 Å². The fourth-order valence-corrected chi connectivity index (χ4v) is 1.84. The lowest BCUT2D eigenvalue weighted by molar-refractivity contribution is -0.0219. The van der Waals surface area contributed by atoms with Crippen LogP contribution in [0.2, 0.25) is 0 Å². The van der Waals surface area contributed by atoms with E-state index in [0.29, 0.717) is 12.0 Å². The maximum absolute atomic E-state index is 5.72. The van der Waals surface area contributed by atoms with E-state index in [1.165, 1.54) is 19.3 Å². The normalized spacial score (nSPS) is 30.6. The Labute approximate surface area is 75.8 Å². The molecule has 1 aliphatic heterocycles. The first kappa shape index (κ1) is 9.79. The molecule has 0 unspecified atom stereocenters. The molecule has 12 heavy (non-hydrogen) atoms. The Morgan fingerprint density at radius 3 is 2.92 bits per heavy atom. The molecule has 1 nitrogen and oxygen atoms in total. The van der Waals surface area contributed by atoms with Gasteiger partial charge in [0.05, 0.1) is 6.10 Å². The van der Waals surface area contributed by atoms with Crippen LogP contribution < -0.4 is 0 Å². The first-order valence-electron chi connectivity index (χ1n) is 4.98. The predicted octanol–water partition coefficient (Wildman–Crippen LogP) is 3.01. The van der Waals surface area contributed by atoms with Crippen molar-refractivity contribution in [1.29, 1.82) is 0 Å². The van der Waals surface area contributed by atoms with Crippen molar-refractivity contribution in [3.8, 4) is 0 Å². The summed E-state index contributed by atoms with van der Waals surface area (Å²) in [4.78, 5) is 0. The average molecular weight is 168 g/mol. The van der Waals surface area contributed by atoms with Crippen LogP contribution in [0.3, 0.4) is 0 Å². The molecule has 70 valence electrons. The Hall–Kier alpha value is -0.300. The van der Waals surface area contributed by atoms with Gasteiger partial charge in [0, 0.05) is 12.5 Å². The van der Waals surface area contributed by atoms with E-state index >= 15 is 0 Å². The summed E-state index contributed by atoms with van der Waals surface area (Å²) in [6.45, 7) is 9.30. The van der Waals surface area contributed by atoms with Gasteiger partial charge >= 0.3 is 0 Å². The van der Waals surface area contributed by atoms with Gasteiger partial charge in [0.25, 0.3) is 0 Å². The minimum atomic E-state index is 0.441. The number of hydrogen-bond donors (Lipinski definition) is 0. The molecule has 0 bridgehead atoms. The molecule has 2 atom stereocenters. The summed E-state index contributed by atoms with van der Waals surface area (Å²) in [5, 5.41) is 0. The average Bonchev–Trinajstić information content (AvgIpc) is 2.04. The zero-order valence-corrected chi connectivity index (χ0v) is 8.25. The van der Waals surface area contributed by atoms with Crippen molar-refractivity contribution in [2.75, 3.05) is 6.61 Å². The predicted molar refractivity (Wildman–Crippen MR) is 52.1 cm³/mol. The van der Waals surface area contributed by atoms with Gasteiger partial charge in [0.15, 0.2) is 0 Å². The molecule has 1 heteroatoms. The summed E-state index contributed by atoms with van der Waals surface area (Å²) < 4.78 is 5.72. The molecule has 0 saturated carbocycles. The largest absolute Gasteiger partial charge is 0.378 e. The third-order valence-electron chi connectivity index (χ3n) is 2.50. The minimum Gasteiger partial charge on any atom is -0.378 e. The lowest BCUT2D eigenvalue weighted by atomic mass is 9.89. The lowest BCUT2D eigenvalue weighted by Crippen LogP contribution is -2.29. The van der Waals surface area contributed by atoms with E-state index < -0.39 is 0 Å². The van der Waals surface area contributed by atoms with Gasteiger partial charge in [0.1, 0.15) is 0 Å². The van der Waals surface area contributed by atoms with Crippen molar-refractivity contribution in [1.82, 2.24) is 0 Å². The van der Waals surface area contributed by atoms with Crippen molar-refractivity contribution < 1.29 is 4.74 Å². The smallest absolute Gasteiger partial charge is 0.0640 e. The maximum Gasteiger partial charge on any atom is 0.0640 e. The van der Waals surface area contributed by atoms with Crippen LogP contribution >= 0.6 is 0 Å². The molecule has 0 N–H and O–H groups in total. The van der Waals surface area contributed by atoms with E-state index in [9.17, 15) is 0 Å². The number of rotatable bonds is 3. The van der Waals surface area contributed by atoms with Crippen molar-refractivity contribution in [2.45, 2.75) is 39.2 Å². The Kier molecular flexibility index (Phi) is 3.80. The van der Waals surface area contributed by atoms with Crippen LogP contribution in [0.25, 0.3) is 0 Å². The number of ether oxygens (including phenoxy) is 1. The summed E-state index contributed by atoms with van der Waals surface area (Å²) >= 11 is 0. The van der Waals surface area contributed by atoms with Gasteiger partial charge in [-0.15, -0.1) is 6.58 Å². The summed E-state index contributed by atoms with van der Waals surface area (Å²) in [6, 6.07) is 0. The van der Waals surface area contributed by atoms with Gasteiger partial charge < -0.3 is 4.74 Å². The molecule has 0 aromatic rings. The highest BCUT2D eigenvalue weighted by atomic mass is 16.5. The quantitative estimate of drug-likeness (QED) is 0.589. The van der Waals surface area contributed by atoms with E-state index in [2.05, 4.69) is 26.5 Å². The second-order valence-corrected chi connectivity index (χ2v) is 4.08. The molecular formula is C11H20O. The SMILES string of the molecule is C=C[C@@H]1CCCO[C@H]1CC(C)C. The van der Waals surface area contributed by atoms with Gasteiger partial charge in [-0.3, -0.25) is 0 Å². The fraction of sp³-hybridized carbons (Fsp3) is 0.818. The van der Waals surface area contributed by atoms with E-state index in [1.807, 2.05) is 0 Å². The molecule has 0 aromatic heterocycles. The molecule has 1 heterocycles. The Bertz CT molecular complexity index is 140. The molecular weight excluding hydrogens is 148 g/mol. The second kappa shape index (κ2) is 4.66. The van der Waals surface area contributed by atoms with Crippen LogP contribution in [0.15, 0.2) is 12.7 Å². The molecule has 0 radical (unpaired) electrons. The standard InChI is InChI=1S/C11H20O/c1-4-10-6-5-7-12-11(10)8-9(2)3/h4,9-11H,1,5-8H2,2-3H3/t10-,11+/m1/s1. The highest BCUT2D eigenvalue weighted by molar-refractivity contribution is 4.87. The Balaban J connectivity index is 2.41. The molecule has 0 aromatic carbocycles. The Morgan fingerprint density at radius 2 is 2.33 bits per heavy atom. The van der Waals surface area contributed by atoms with Gasteiger partial charge in [-0.1, -0.05) is 19.9 Å². The molecule has 1 saturated heterocycles. The minimum absolute atomic E-state index is 0.441. The van der Waals surface area contributed by atoms with Crippen LogP contribution in [0.4, 0.5) is 0 Å². The summed E-state index contributed by atoms with van der Waals surface area (Å²) in [5.74, 6) is 1.33. The highest BCUT2D eigenvalue weighted by Gasteiger charge is 2.23. The Morgan fingerprint density at radius 1 is 1.58 bits per heavy atom. The lowest BCUT2D eigenvalue weighted by Gasteiger charge is -2.30. The summed E-state index contributed by atoms with van der Waals surface area (Å²) in [5.41, 5.74) is 0. The van der Waals surface area contributed by atoms with Crippen LogP contribution in [0.5, 0.6) is 0 Å². The zero-order valence-electron chi connectivity index (χ0n) is 8.25. The van der Waals surface area contributed by atoms with Crippen molar-refractivity contribution in [2.24, 2.45) is 11.8 Å². The van der Waals surface area contributed by atoms with E-state index in [4.69, 9.17) is 4.74 Å². The molecule has 0 amide bonds. The molecule has 1 aliphatic rings. The van der Waals surface area contributed by atoms with Gasteiger partial charge in [-0.25, -0.2) is 0 Å². The molecule has 1 rings (SSSR count). The monoisotopic (exact) mass is 168 g/mol. The number of hydrogen-bond acceptors (Lipinski definition) is 1. The fourth-order valence-electron chi connectivity index (χ4n) is 1.84. The van der Waals surface area contributed by atoms with Crippen molar-refractivity contribution in [3.05, 3.63) is 12.7 Å². The molecule has 1 fully saturated rings. The summed E-state index contributed by atoms with van der Waals surface area (Å²) in [6.07, 6.45) is 6.14. The molecule has 0 spiro atoms. The van der Waals surface area contributed by atoms with Crippen LogP contribution in [0, 0.1) is 11.8 Å². The van der Waals surface area contributed by atoms with Crippen LogP contribution in [-0.4, -0.2) is 12.7 Å². The first-order valence-corrected chi connectivity index (χ1v) is 4.98. The van der Waals surface area contributed by atoms with E-state index in [-0.39, 0.29) is 0 Å². The van der Waals surface area contributed by atoms with E-state index in [1.54, 1.807) is 0 Å². The third kappa shape index (κ3) is 2.63. The van der Waals surface area contributed by atoms with Gasteiger partial charge in [0.2, 0.25) is 0 Å². The topological polar surface area (TPSA) is 9.23 Å². The van der Waals surface area contributed by atoms with Gasteiger partial charge in [-0.05, 0) is 25.2 Å². The van der Waals surface area contributed by atoms with Crippen molar-refractivity contribution >= 4 is 0 Å². The zero-order chi connectivity index (χ0) is 8.97. The molecule has 0 aliphatic carbocycles. The van der Waals surface area contributed by atoms with Gasteiger partial charge in [-0.2, -0.15) is 0 Å². The maximum atomic E-state index is 5.72. The van der Waals surface area contributed by atoms with Crippen LogP contribution in [0.1, 0.15) is 33.1 Å². The summed E-state index contributed by atoms with van der Waals surface area (Å²) in [7, 11) is 0. The van der Waals surface area contributed by atoms with E-state index in [0.717, 1.165) is 12.5 Å².